The molecule has 0 radical (unpaired) electrons. The Morgan fingerprint density at radius 1 is 0.741 bits per heavy atom. The van der Waals surface area contributed by atoms with Crippen molar-refractivity contribution < 1.29 is 9.85 Å². The first-order valence-electron chi connectivity index (χ1n) is 9.25. The van der Waals surface area contributed by atoms with E-state index in [0.717, 1.165) is 0 Å². The van der Waals surface area contributed by atoms with Gasteiger partial charge in [-0.05, 0) is 12.1 Å². The molecule has 0 heterocycles. The zero-order valence-electron chi connectivity index (χ0n) is 15.8. The van der Waals surface area contributed by atoms with E-state index in [1.807, 2.05) is 36.4 Å². The highest BCUT2D eigenvalue weighted by atomic mass is 28.3. The third-order valence-electron chi connectivity index (χ3n) is 5.35. The van der Waals surface area contributed by atoms with E-state index in [1.165, 1.54) is 10.4 Å². The summed E-state index contributed by atoms with van der Waals surface area (Å²) in [5, 5.41) is 24.7. The fourth-order valence-corrected chi connectivity index (χ4v) is 8.73. The third-order valence-corrected chi connectivity index (χ3v) is 10.5. The fourth-order valence-electron chi connectivity index (χ4n) is 3.50. The minimum atomic E-state index is -2.37. The molecule has 0 fully saturated rings. The van der Waals surface area contributed by atoms with Gasteiger partial charge in [-0.2, -0.15) is 0 Å². The van der Waals surface area contributed by atoms with Gasteiger partial charge in [-0.25, -0.2) is 0 Å². The summed E-state index contributed by atoms with van der Waals surface area (Å²) in [6.07, 6.45) is 0.936. The van der Waals surface area contributed by atoms with Gasteiger partial charge in [0.1, 0.15) is 8.07 Å². The van der Waals surface area contributed by atoms with Crippen LogP contribution in [-0.4, -0.2) is 30.0 Å². The number of benzene rings is 2. The molecule has 6 nitrogen and oxygen atoms in total. The highest BCUT2D eigenvalue weighted by Gasteiger charge is 2.39. The van der Waals surface area contributed by atoms with Crippen molar-refractivity contribution in [2.75, 3.05) is 0 Å². The van der Waals surface area contributed by atoms with E-state index in [4.69, 9.17) is 0 Å². The van der Waals surface area contributed by atoms with Gasteiger partial charge in [-0.1, -0.05) is 71.0 Å². The fraction of sp³-hybridized carbons (Fsp3) is 0.400. The molecule has 0 amide bonds. The summed E-state index contributed by atoms with van der Waals surface area (Å²) >= 11 is 0. The first kappa shape index (κ1) is 20.8. The summed E-state index contributed by atoms with van der Waals surface area (Å²) in [4.78, 5) is 21.9. The van der Waals surface area contributed by atoms with E-state index in [0.29, 0.717) is 24.9 Å². The molecule has 144 valence electrons. The Kier molecular flexibility index (Phi) is 7.24. The van der Waals surface area contributed by atoms with E-state index in [9.17, 15) is 20.2 Å². The van der Waals surface area contributed by atoms with Gasteiger partial charge < -0.3 is 0 Å². The number of nitrogens with zero attached hydrogens (tertiary/aromatic N) is 2. The van der Waals surface area contributed by atoms with Gasteiger partial charge in [0.15, 0.2) is 0 Å². The van der Waals surface area contributed by atoms with Crippen LogP contribution < -0.4 is 10.4 Å². The Bertz CT molecular complexity index is 690. The Balaban J connectivity index is 2.47. The highest BCUT2D eigenvalue weighted by molar-refractivity contribution is 7.02. The zero-order valence-corrected chi connectivity index (χ0v) is 16.8. The van der Waals surface area contributed by atoms with Crippen molar-refractivity contribution in [3.05, 3.63) is 80.9 Å². The maximum Gasteiger partial charge on any atom is 0.210 e. The highest BCUT2D eigenvalue weighted by Crippen LogP contribution is 2.24. The molecular formula is C20H26N2O4Si. The van der Waals surface area contributed by atoms with Crippen molar-refractivity contribution in [2.45, 2.75) is 50.9 Å². The standard InChI is InChI=1S/C20H26N2O4Si/c1-17(21(23)24)13-15-27(16-14-18(2)22(25)26,19-9-5-3-6-10-19)20-11-7-4-8-12-20/h3-12,17-18H,13-16H2,1-2H3. The summed E-state index contributed by atoms with van der Waals surface area (Å²) in [5.74, 6) is 0. The smallest absolute Gasteiger partial charge is 0.210 e. The van der Waals surface area contributed by atoms with E-state index < -0.39 is 20.2 Å². The van der Waals surface area contributed by atoms with E-state index >= 15 is 0 Å². The van der Waals surface area contributed by atoms with Gasteiger partial charge in [0.05, 0.1) is 0 Å². The van der Waals surface area contributed by atoms with Crippen molar-refractivity contribution in [3.8, 4) is 0 Å². The van der Waals surface area contributed by atoms with Gasteiger partial charge in [0, 0.05) is 36.5 Å². The van der Waals surface area contributed by atoms with Crippen LogP contribution in [0.5, 0.6) is 0 Å². The minimum absolute atomic E-state index is 0.241. The molecule has 2 unspecified atom stereocenters. The lowest BCUT2D eigenvalue weighted by Gasteiger charge is -2.33. The number of nitro groups is 2. The molecule has 7 heteroatoms. The van der Waals surface area contributed by atoms with Crippen molar-refractivity contribution in [3.63, 3.8) is 0 Å². The van der Waals surface area contributed by atoms with Crippen molar-refractivity contribution in [2.24, 2.45) is 0 Å². The van der Waals surface area contributed by atoms with Crippen LogP contribution >= 0.6 is 0 Å². The average molecular weight is 387 g/mol. The zero-order chi connectivity index (χ0) is 19.9. The lowest BCUT2D eigenvalue weighted by atomic mass is 10.3. The van der Waals surface area contributed by atoms with Crippen LogP contribution in [0.25, 0.3) is 0 Å². The Hall–Kier alpha value is -2.54. The minimum Gasteiger partial charge on any atom is -0.264 e. The molecule has 0 bridgehead atoms. The topological polar surface area (TPSA) is 86.3 Å². The first-order chi connectivity index (χ1) is 12.9. The van der Waals surface area contributed by atoms with Crippen LogP contribution in [0.1, 0.15) is 26.7 Å². The van der Waals surface area contributed by atoms with E-state index in [2.05, 4.69) is 24.3 Å². The largest absolute Gasteiger partial charge is 0.264 e. The summed E-state index contributed by atoms with van der Waals surface area (Å²) in [5.41, 5.74) is 0. The third kappa shape index (κ3) is 5.23. The summed E-state index contributed by atoms with van der Waals surface area (Å²) in [6, 6.07) is 20.3. The molecule has 0 aromatic heterocycles. The maximum atomic E-state index is 11.2. The van der Waals surface area contributed by atoms with Gasteiger partial charge in [0.2, 0.25) is 12.1 Å². The summed E-state index contributed by atoms with van der Waals surface area (Å²) < 4.78 is 0. The maximum absolute atomic E-state index is 11.2. The van der Waals surface area contributed by atoms with Crippen LogP contribution in [-0.2, 0) is 0 Å². The van der Waals surface area contributed by atoms with Crippen LogP contribution in [0.2, 0.25) is 12.1 Å². The number of hydrogen-bond acceptors (Lipinski definition) is 4. The van der Waals surface area contributed by atoms with Crippen LogP contribution in [0.4, 0.5) is 0 Å². The molecule has 0 N–H and O–H groups in total. The Morgan fingerprint density at radius 2 is 1.07 bits per heavy atom. The molecule has 2 aromatic rings. The molecule has 2 atom stereocenters. The van der Waals surface area contributed by atoms with Gasteiger partial charge >= 0.3 is 0 Å². The second kappa shape index (κ2) is 9.41. The normalized spacial score (nSPS) is 13.7. The van der Waals surface area contributed by atoms with E-state index in [-0.39, 0.29) is 9.85 Å². The number of hydrogen-bond donors (Lipinski definition) is 0. The molecule has 2 aromatic carbocycles. The van der Waals surface area contributed by atoms with Crippen molar-refractivity contribution in [1.82, 2.24) is 0 Å². The monoisotopic (exact) mass is 386 g/mol. The van der Waals surface area contributed by atoms with E-state index in [1.54, 1.807) is 13.8 Å². The lowest BCUT2D eigenvalue weighted by Crippen LogP contribution is -2.58. The molecule has 27 heavy (non-hydrogen) atoms. The summed E-state index contributed by atoms with van der Waals surface area (Å²) in [6.45, 7) is 3.27. The molecule has 0 aliphatic carbocycles. The Labute approximate surface area is 160 Å². The predicted molar refractivity (Wildman–Crippen MR) is 110 cm³/mol. The molecule has 0 aliphatic heterocycles. The lowest BCUT2D eigenvalue weighted by molar-refractivity contribution is -0.518. The SMILES string of the molecule is CC(CC[Si](CCC(C)[N+](=O)[O-])(c1ccccc1)c1ccccc1)[N+](=O)[O-]. The molecule has 0 aliphatic rings. The van der Waals surface area contributed by atoms with Crippen LogP contribution in [0.3, 0.4) is 0 Å². The Morgan fingerprint density at radius 3 is 1.37 bits per heavy atom. The van der Waals surface area contributed by atoms with Gasteiger partial charge in [-0.15, -0.1) is 0 Å². The van der Waals surface area contributed by atoms with Crippen molar-refractivity contribution >= 4 is 18.4 Å². The average Bonchev–Trinajstić information content (AvgIpc) is 2.69. The second-order valence-electron chi connectivity index (χ2n) is 7.16. The molecule has 0 saturated carbocycles. The quantitative estimate of drug-likeness (QED) is 0.356. The molecule has 0 spiro atoms. The molecule has 2 rings (SSSR count). The van der Waals surface area contributed by atoms with Crippen LogP contribution in [0, 0.1) is 20.2 Å². The summed E-state index contributed by atoms with van der Waals surface area (Å²) in [7, 11) is -2.37. The van der Waals surface area contributed by atoms with Gasteiger partial charge in [0.25, 0.3) is 0 Å². The molecule has 0 saturated heterocycles. The van der Waals surface area contributed by atoms with Crippen LogP contribution in [0.15, 0.2) is 60.7 Å². The molecular weight excluding hydrogens is 360 g/mol. The van der Waals surface area contributed by atoms with Crippen molar-refractivity contribution in [1.29, 1.82) is 0 Å². The van der Waals surface area contributed by atoms with Gasteiger partial charge in [-0.3, -0.25) is 20.2 Å². The first-order valence-corrected chi connectivity index (χ1v) is 11.7. The number of rotatable bonds is 10. The second-order valence-corrected chi connectivity index (χ2v) is 11.5. The predicted octanol–water partition coefficient (Wildman–Crippen LogP) is 3.36.